The number of nitrogens with zero attached hydrogens (tertiary/aromatic N) is 3. The van der Waals surface area contributed by atoms with Gasteiger partial charge in [0.05, 0.1) is 7.11 Å². The Kier molecular flexibility index (Phi) is 4.67. The molecule has 0 aliphatic heterocycles. The number of benzene rings is 1. The summed E-state index contributed by atoms with van der Waals surface area (Å²) < 4.78 is 5.23. The number of nitrogens with two attached hydrogens (primary N) is 1. The van der Waals surface area contributed by atoms with Gasteiger partial charge in [-0.05, 0) is 48.1 Å². The van der Waals surface area contributed by atoms with Gasteiger partial charge in [0.15, 0.2) is 0 Å². The van der Waals surface area contributed by atoms with Crippen LogP contribution in [0.25, 0.3) is 10.4 Å². The molecule has 1 aromatic rings. The summed E-state index contributed by atoms with van der Waals surface area (Å²) >= 11 is 0. The number of hydrogen-bond donors (Lipinski definition) is 2. The number of methoxy groups -OCH3 is 1. The second kappa shape index (κ2) is 6.47. The van der Waals surface area contributed by atoms with E-state index < -0.39 is 11.4 Å². The van der Waals surface area contributed by atoms with E-state index in [0.29, 0.717) is 13.0 Å². The van der Waals surface area contributed by atoms with Crippen molar-refractivity contribution in [1.82, 2.24) is 5.32 Å². The SMILES string of the molecule is COc1ccc2c(c1)CCCC2(NCCN=[N+]=[N-])C(N)=O. The van der Waals surface area contributed by atoms with Crippen LogP contribution in [0.4, 0.5) is 0 Å². The number of nitrogens with one attached hydrogen (secondary N) is 1. The van der Waals surface area contributed by atoms with E-state index >= 15 is 0 Å². The summed E-state index contributed by atoms with van der Waals surface area (Å²) in [4.78, 5) is 14.8. The summed E-state index contributed by atoms with van der Waals surface area (Å²) in [5, 5.41) is 6.66. The molecule has 0 spiro atoms. The lowest BCUT2D eigenvalue weighted by molar-refractivity contribution is -0.125. The minimum atomic E-state index is -0.898. The number of hydrogen-bond acceptors (Lipinski definition) is 4. The second-order valence-corrected chi connectivity index (χ2v) is 5.03. The van der Waals surface area contributed by atoms with Gasteiger partial charge in [0.1, 0.15) is 11.3 Å². The average Bonchev–Trinajstić information content (AvgIpc) is 2.50. The first-order valence-corrected chi connectivity index (χ1v) is 6.87. The van der Waals surface area contributed by atoms with Gasteiger partial charge in [-0.2, -0.15) is 0 Å². The van der Waals surface area contributed by atoms with Gasteiger partial charge in [0, 0.05) is 18.0 Å². The first-order chi connectivity index (χ1) is 10.1. The fourth-order valence-corrected chi connectivity index (χ4v) is 2.89. The molecule has 3 N–H and O–H groups in total. The molecule has 7 heteroatoms. The van der Waals surface area contributed by atoms with Crippen molar-refractivity contribution in [3.8, 4) is 5.75 Å². The first-order valence-electron chi connectivity index (χ1n) is 6.87. The molecular formula is C14H19N5O2. The van der Waals surface area contributed by atoms with Crippen LogP contribution in [0.5, 0.6) is 5.75 Å². The number of amides is 1. The topological polar surface area (TPSA) is 113 Å². The van der Waals surface area contributed by atoms with Crippen molar-refractivity contribution in [2.24, 2.45) is 10.8 Å². The lowest BCUT2D eigenvalue weighted by Gasteiger charge is -2.37. The minimum Gasteiger partial charge on any atom is -0.497 e. The van der Waals surface area contributed by atoms with E-state index in [0.717, 1.165) is 29.7 Å². The zero-order chi connectivity index (χ0) is 15.3. The van der Waals surface area contributed by atoms with Gasteiger partial charge in [0.25, 0.3) is 0 Å². The first kappa shape index (κ1) is 15.2. The molecule has 1 unspecified atom stereocenters. The van der Waals surface area contributed by atoms with Gasteiger partial charge < -0.3 is 10.5 Å². The van der Waals surface area contributed by atoms with Gasteiger partial charge in [-0.15, -0.1) is 0 Å². The third kappa shape index (κ3) is 2.94. The summed E-state index contributed by atoms with van der Waals surface area (Å²) in [5.41, 5.74) is 15.0. The molecule has 7 nitrogen and oxygen atoms in total. The van der Waals surface area contributed by atoms with E-state index in [-0.39, 0.29) is 6.54 Å². The Morgan fingerprint density at radius 2 is 2.43 bits per heavy atom. The van der Waals surface area contributed by atoms with E-state index in [2.05, 4.69) is 15.3 Å². The number of aryl methyl sites for hydroxylation is 1. The van der Waals surface area contributed by atoms with Crippen molar-refractivity contribution in [1.29, 1.82) is 0 Å². The third-order valence-corrected chi connectivity index (χ3v) is 3.89. The minimum absolute atomic E-state index is 0.275. The van der Waals surface area contributed by atoms with Crippen molar-refractivity contribution in [2.45, 2.75) is 24.8 Å². The molecule has 1 aliphatic carbocycles. The fraction of sp³-hybridized carbons (Fsp3) is 0.500. The van der Waals surface area contributed by atoms with Crippen LogP contribution >= 0.6 is 0 Å². The second-order valence-electron chi connectivity index (χ2n) is 5.03. The quantitative estimate of drug-likeness (QED) is 0.359. The Morgan fingerprint density at radius 3 is 3.10 bits per heavy atom. The van der Waals surface area contributed by atoms with Gasteiger partial charge in [-0.1, -0.05) is 11.2 Å². The van der Waals surface area contributed by atoms with E-state index in [4.69, 9.17) is 16.0 Å². The Labute approximate surface area is 123 Å². The number of azide groups is 1. The van der Waals surface area contributed by atoms with Gasteiger partial charge in [-0.25, -0.2) is 0 Å². The highest BCUT2D eigenvalue weighted by Gasteiger charge is 2.41. The lowest BCUT2D eigenvalue weighted by Crippen LogP contribution is -2.55. The van der Waals surface area contributed by atoms with Crippen molar-refractivity contribution >= 4 is 5.91 Å². The smallest absolute Gasteiger partial charge is 0.242 e. The molecule has 112 valence electrons. The van der Waals surface area contributed by atoms with Crippen LogP contribution in [-0.4, -0.2) is 26.1 Å². The molecule has 1 aliphatic rings. The molecule has 21 heavy (non-hydrogen) atoms. The number of carbonyl (C=O) groups is 1. The fourth-order valence-electron chi connectivity index (χ4n) is 2.89. The molecule has 0 saturated carbocycles. The van der Waals surface area contributed by atoms with E-state index in [1.165, 1.54) is 0 Å². The Hall–Kier alpha value is -2.24. The van der Waals surface area contributed by atoms with Crippen molar-refractivity contribution < 1.29 is 9.53 Å². The molecule has 0 heterocycles. The van der Waals surface area contributed by atoms with Crippen LogP contribution < -0.4 is 15.8 Å². The summed E-state index contributed by atoms with van der Waals surface area (Å²) in [6.07, 6.45) is 2.38. The Morgan fingerprint density at radius 1 is 1.62 bits per heavy atom. The summed E-state index contributed by atoms with van der Waals surface area (Å²) in [6.45, 7) is 0.676. The highest BCUT2D eigenvalue weighted by Crippen LogP contribution is 2.36. The molecule has 0 bridgehead atoms. The monoisotopic (exact) mass is 289 g/mol. The molecule has 0 aromatic heterocycles. The van der Waals surface area contributed by atoms with E-state index in [1.54, 1.807) is 7.11 Å². The van der Waals surface area contributed by atoms with Gasteiger partial charge in [0.2, 0.25) is 5.91 Å². The van der Waals surface area contributed by atoms with Crippen LogP contribution in [0.3, 0.4) is 0 Å². The lowest BCUT2D eigenvalue weighted by atomic mass is 9.75. The Bertz CT molecular complexity index is 583. The molecule has 1 atom stereocenters. The molecule has 1 amide bonds. The molecule has 0 radical (unpaired) electrons. The normalized spacial score (nSPS) is 20.2. The molecule has 0 fully saturated rings. The zero-order valence-corrected chi connectivity index (χ0v) is 12.0. The largest absolute Gasteiger partial charge is 0.497 e. The predicted molar refractivity (Wildman–Crippen MR) is 78.8 cm³/mol. The maximum atomic E-state index is 12.1. The maximum Gasteiger partial charge on any atom is 0.242 e. The zero-order valence-electron chi connectivity index (χ0n) is 12.0. The van der Waals surface area contributed by atoms with Gasteiger partial charge >= 0.3 is 0 Å². The number of carbonyl (C=O) groups excluding carboxylic acids is 1. The van der Waals surface area contributed by atoms with Crippen LogP contribution in [0.2, 0.25) is 0 Å². The number of rotatable bonds is 6. The highest BCUT2D eigenvalue weighted by atomic mass is 16.5. The number of ether oxygens (including phenoxy) is 1. The van der Waals surface area contributed by atoms with Crippen LogP contribution in [0, 0.1) is 0 Å². The summed E-state index contributed by atoms with van der Waals surface area (Å²) in [5.74, 6) is 0.359. The standard InChI is InChI=1S/C14H19N5O2/c1-21-11-4-5-12-10(9-11)3-2-6-14(12,13(15)20)17-7-8-18-19-16/h4-5,9,17H,2-3,6-8H2,1H3,(H2,15,20). The molecular weight excluding hydrogens is 270 g/mol. The van der Waals surface area contributed by atoms with Crippen molar-refractivity contribution in [3.05, 3.63) is 39.8 Å². The molecule has 2 rings (SSSR count). The van der Waals surface area contributed by atoms with Crippen LogP contribution in [0.15, 0.2) is 23.3 Å². The Balaban J connectivity index is 2.34. The third-order valence-electron chi connectivity index (χ3n) is 3.89. The highest BCUT2D eigenvalue weighted by molar-refractivity contribution is 5.87. The summed E-state index contributed by atoms with van der Waals surface area (Å²) in [6, 6.07) is 5.66. The van der Waals surface area contributed by atoms with E-state index in [9.17, 15) is 4.79 Å². The number of primary amides is 1. The van der Waals surface area contributed by atoms with Crippen molar-refractivity contribution in [3.63, 3.8) is 0 Å². The maximum absolute atomic E-state index is 12.1. The predicted octanol–water partition coefficient (Wildman–Crippen LogP) is 1.61. The average molecular weight is 289 g/mol. The number of fused-ring (bicyclic) bond motifs is 1. The van der Waals surface area contributed by atoms with Gasteiger partial charge in [-0.3, -0.25) is 10.1 Å². The van der Waals surface area contributed by atoms with Crippen LogP contribution in [0.1, 0.15) is 24.0 Å². The summed E-state index contributed by atoms with van der Waals surface area (Å²) in [7, 11) is 1.62. The molecule has 0 saturated heterocycles. The molecule has 1 aromatic carbocycles. The van der Waals surface area contributed by atoms with Crippen LogP contribution in [-0.2, 0) is 16.8 Å². The van der Waals surface area contributed by atoms with E-state index in [1.807, 2.05) is 18.2 Å². The van der Waals surface area contributed by atoms with Crippen molar-refractivity contribution in [2.75, 3.05) is 20.2 Å².